The Morgan fingerprint density at radius 2 is 2.03 bits per heavy atom. The van der Waals surface area contributed by atoms with E-state index in [9.17, 15) is 9.90 Å². The maximum Gasteiger partial charge on any atom is 0.323 e. The van der Waals surface area contributed by atoms with E-state index in [-0.39, 0.29) is 5.92 Å². The number of aliphatic carboxylic acids is 1. The lowest BCUT2D eigenvalue weighted by atomic mass is 9.85. The molecule has 5 heteroatoms. The molecule has 0 saturated heterocycles. The van der Waals surface area contributed by atoms with Crippen LogP contribution in [0.5, 0.6) is 0 Å². The minimum absolute atomic E-state index is 0.214. The van der Waals surface area contributed by atoms with Crippen molar-refractivity contribution in [1.82, 2.24) is 0 Å². The van der Waals surface area contributed by atoms with Gasteiger partial charge >= 0.3 is 5.97 Å². The number of carboxylic acid groups (broad SMARTS) is 1. The van der Waals surface area contributed by atoms with E-state index in [1.54, 1.807) is 0 Å². The van der Waals surface area contributed by atoms with E-state index < -0.39 is 11.5 Å². The van der Waals surface area contributed by atoms with Gasteiger partial charge in [-0.2, -0.15) is 0 Å². The van der Waals surface area contributed by atoms with Crippen molar-refractivity contribution >= 4 is 11.7 Å². The molecule has 2 atom stereocenters. The third-order valence-corrected chi connectivity index (χ3v) is 6.25. The first-order valence-electron chi connectivity index (χ1n) is 10.4. The number of carbonyl (C=O) groups is 1. The van der Waals surface area contributed by atoms with Crippen LogP contribution in [0.1, 0.15) is 60.3 Å². The third kappa shape index (κ3) is 4.35. The Kier molecular flexibility index (Phi) is 5.67. The first-order valence-corrected chi connectivity index (χ1v) is 10.4. The molecule has 3 N–H and O–H groups in total. The lowest BCUT2D eigenvalue weighted by Crippen LogP contribution is -2.45. The van der Waals surface area contributed by atoms with E-state index in [2.05, 4.69) is 35.5 Å². The van der Waals surface area contributed by atoms with Gasteiger partial charge < -0.3 is 15.7 Å². The normalized spacial score (nSPS) is 25.0. The fraction of sp³-hybridized carbons (Fsp3) is 0.417. The van der Waals surface area contributed by atoms with Crippen molar-refractivity contribution in [2.45, 2.75) is 56.4 Å². The van der Waals surface area contributed by atoms with Crippen LogP contribution in [0.2, 0.25) is 0 Å². The standard InChI is InChI=1S/C24H28N2O3/c25-24(23(27)28)13-11-20(16-24)18-9-10-21-19(15-18)7-4-8-22(21)26-29-14-12-17-5-2-1-3-6-17/h1-3,5-6,9-10,15,20H,4,7-8,11-14,16,25H2,(H,27,28). The zero-order valence-corrected chi connectivity index (χ0v) is 16.6. The number of carboxylic acids is 1. The van der Waals surface area contributed by atoms with E-state index in [1.165, 1.54) is 16.7 Å². The maximum absolute atomic E-state index is 11.4. The minimum atomic E-state index is -1.08. The largest absolute Gasteiger partial charge is 0.480 e. The van der Waals surface area contributed by atoms with Gasteiger partial charge in [-0.3, -0.25) is 4.79 Å². The summed E-state index contributed by atoms with van der Waals surface area (Å²) in [5.74, 6) is -0.675. The Bertz CT molecular complexity index is 910. The Morgan fingerprint density at radius 3 is 2.79 bits per heavy atom. The number of nitrogens with two attached hydrogens (primary N) is 1. The van der Waals surface area contributed by atoms with Crippen LogP contribution in [0, 0.1) is 0 Å². The first-order chi connectivity index (χ1) is 14.0. The molecule has 0 aliphatic heterocycles. The molecule has 2 aromatic rings. The highest BCUT2D eigenvalue weighted by atomic mass is 16.6. The summed E-state index contributed by atoms with van der Waals surface area (Å²) in [5.41, 5.74) is 10.9. The molecule has 2 unspecified atom stereocenters. The molecule has 152 valence electrons. The molecule has 0 radical (unpaired) electrons. The smallest absolute Gasteiger partial charge is 0.323 e. The average Bonchev–Trinajstić information content (AvgIpc) is 3.15. The van der Waals surface area contributed by atoms with E-state index in [1.807, 2.05) is 18.2 Å². The van der Waals surface area contributed by atoms with Gasteiger partial charge in [0.2, 0.25) is 0 Å². The summed E-state index contributed by atoms with van der Waals surface area (Å²) >= 11 is 0. The van der Waals surface area contributed by atoms with E-state index in [4.69, 9.17) is 10.6 Å². The summed E-state index contributed by atoms with van der Waals surface area (Å²) < 4.78 is 0. The fourth-order valence-corrected chi connectivity index (χ4v) is 4.52. The molecule has 1 saturated carbocycles. The van der Waals surface area contributed by atoms with Crippen LogP contribution in [0.25, 0.3) is 0 Å². The highest BCUT2D eigenvalue weighted by Gasteiger charge is 2.42. The summed E-state index contributed by atoms with van der Waals surface area (Å²) in [4.78, 5) is 17.1. The van der Waals surface area contributed by atoms with Gasteiger partial charge in [-0.25, -0.2) is 0 Å². The molecule has 0 aromatic heterocycles. The van der Waals surface area contributed by atoms with Crippen molar-refractivity contribution < 1.29 is 14.7 Å². The Hall–Kier alpha value is -2.66. The number of hydrogen-bond acceptors (Lipinski definition) is 4. The quantitative estimate of drug-likeness (QED) is 0.574. The molecule has 29 heavy (non-hydrogen) atoms. The van der Waals surface area contributed by atoms with Crippen LogP contribution in [-0.2, 0) is 22.5 Å². The van der Waals surface area contributed by atoms with E-state index >= 15 is 0 Å². The van der Waals surface area contributed by atoms with Crippen molar-refractivity contribution in [3.8, 4) is 0 Å². The van der Waals surface area contributed by atoms with Crippen molar-refractivity contribution in [1.29, 1.82) is 0 Å². The molecule has 0 spiro atoms. The molecular weight excluding hydrogens is 364 g/mol. The lowest BCUT2D eigenvalue weighted by molar-refractivity contribution is -0.143. The summed E-state index contributed by atoms with van der Waals surface area (Å²) in [6.07, 6.45) is 5.70. The van der Waals surface area contributed by atoms with Gasteiger partial charge in [-0.05, 0) is 61.1 Å². The number of fused-ring (bicyclic) bond motifs is 1. The summed E-state index contributed by atoms with van der Waals surface area (Å²) in [6, 6.07) is 16.7. The molecule has 0 bridgehead atoms. The van der Waals surface area contributed by atoms with Gasteiger partial charge in [0.05, 0.1) is 5.71 Å². The lowest BCUT2D eigenvalue weighted by Gasteiger charge is -2.21. The molecule has 0 heterocycles. The number of hydrogen-bond donors (Lipinski definition) is 2. The van der Waals surface area contributed by atoms with Crippen LogP contribution >= 0.6 is 0 Å². The van der Waals surface area contributed by atoms with Gasteiger partial charge in [0.15, 0.2) is 0 Å². The van der Waals surface area contributed by atoms with Crippen molar-refractivity contribution in [3.05, 3.63) is 70.8 Å². The van der Waals surface area contributed by atoms with Crippen LogP contribution in [-0.4, -0.2) is 28.9 Å². The summed E-state index contributed by atoms with van der Waals surface area (Å²) in [6.45, 7) is 0.566. The van der Waals surface area contributed by atoms with Crippen molar-refractivity contribution in [2.75, 3.05) is 6.61 Å². The average molecular weight is 392 g/mol. The Morgan fingerprint density at radius 1 is 1.21 bits per heavy atom. The topological polar surface area (TPSA) is 84.9 Å². The molecule has 1 fully saturated rings. The van der Waals surface area contributed by atoms with Gasteiger partial charge in [-0.1, -0.05) is 53.7 Å². The van der Waals surface area contributed by atoms with Gasteiger partial charge in [0, 0.05) is 12.0 Å². The summed E-state index contributed by atoms with van der Waals surface area (Å²) in [5, 5.41) is 13.8. The minimum Gasteiger partial charge on any atom is -0.480 e. The number of aryl methyl sites for hydroxylation is 1. The van der Waals surface area contributed by atoms with Crippen LogP contribution in [0.4, 0.5) is 0 Å². The monoisotopic (exact) mass is 392 g/mol. The van der Waals surface area contributed by atoms with Crippen LogP contribution < -0.4 is 5.73 Å². The summed E-state index contributed by atoms with van der Waals surface area (Å²) in [7, 11) is 0. The molecule has 0 amide bonds. The molecule has 2 aromatic carbocycles. The second-order valence-electron chi connectivity index (χ2n) is 8.28. The molecule has 2 aliphatic carbocycles. The van der Waals surface area contributed by atoms with Gasteiger partial charge in [-0.15, -0.1) is 0 Å². The van der Waals surface area contributed by atoms with Crippen molar-refractivity contribution in [2.24, 2.45) is 10.9 Å². The molecular formula is C24H28N2O3. The predicted octanol–water partition coefficient (Wildman–Crippen LogP) is 4.04. The SMILES string of the molecule is NC1(C(=O)O)CCC(c2ccc3c(c2)CCCC3=NOCCc2ccccc2)C1. The number of rotatable bonds is 6. The fourth-order valence-electron chi connectivity index (χ4n) is 4.52. The molecule has 4 rings (SSSR count). The second-order valence-corrected chi connectivity index (χ2v) is 8.28. The second kappa shape index (κ2) is 8.37. The van der Waals surface area contributed by atoms with Gasteiger partial charge in [0.25, 0.3) is 0 Å². The number of nitrogens with zero attached hydrogens (tertiary/aromatic N) is 1. The predicted molar refractivity (Wildman–Crippen MR) is 113 cm³/mol. The van der Waals surface area contributed by atoms with E-state index in [0.29, 0.717) is 19.4 Å². The van der Waals surface area contributed by atoms with Crippen LogP contribution in [0.3, 0.4) is 0 Å². The third-order valence-electron chi connectivity index (χ3n) is 6.25. The highest BCUT2D eigenvalue weighted by molar-refractivity contribution is 6.02. The first kappa shape index (κ1) is 19.6. The maximum atomic E-state index is 11.4. The van der Waals surface area contributed by atoms with Crippen molar-refractivity contribution in [3.63, 3.8) is 0 Å². The zero-order chi connectivity index (χ0) is 20.3. The highest BCUT2D eigenvalue weighted by Crippen LogP contribution is 2.40. The Labute approximate surface area is 171 Å². The van der Waals surface area contributed by atoms with Gasteiger partial charge in [0.1, 0.15) is 12.1 Å². The molecule has 2 aliphatic rings. The zero-order valence-electron chi connectivity index (χ0n) is 16.6. The number of benzene rings is 2. The number of oxime groups is 1. The Balaban J connectivity index is 1.42. The molecule has 5 nitrogen and oxygen atoms in total. The van der Waals surface area contributed by atoms with E-state index in [0.717, 1.165) is 43.4 Å². The van der Waals surface area contributed by atoms with Crippen LogP contribution in [0.15, 0.2) is 53.7 Å².